The van der Waals surface area contributed by atoms with Gasteiger partial charge in [0.15, 0.2) is 11.5 Å². The molecule has 0 amide bonds. The maximum absolute atomic E-state index is 12.6. The summed E-state index contributed by atoms with van der Waals surface area (Å²) in [6, 6.07) is 9.87. The topological polar surface area (TPSA) is 43.4 Å². The van der Waals surface area contributed by atoms with Crippen LogP contribution in [0.3, 0.4) is 0 Å². The highest BCUT2D eigenvalue weighted by molar-refractivity contribution is 6.16. The van der Waals surface area contributed by atoms with Crippen LogP contribution in [0.2, 0.25) is 0 Å². The summed E-state index contributed by atoms with van der Waals surface area (Å²) in [6.07, 6.45) is 0. The van der Waals surface area contributed by atoms with Crippen LogP contribution in [-0.2, 0) is 14.3 Å². The van der Waals surface area contributed by atoms with Gasteiger partial charge in [0.05, 0.1) is 13.0 Å². The highest BCUT2D eigenvalue weighted by Crippen LogP contribution is 2.52. The summed E-state index contributed by atoms with van der Waals surface area (Å²) >= 11 is 0. The van der Waals surface area contributed by atoms with Crippen LogP contribution in [0.1, 0.15) is 25.3 Å². The highest BCUT2D eigenvalue weighted by atomic mass is 16.5. The number of rotatable bonds is 2. The molecule has 4 atom stereocenters. The molecular formula is C17H18O3. The Morgan fingerprint density at radius 2 is 1.70 bits per heavy atom. The van der Waals surface area contributed by atoms with E-state index >= 15 is 0 Å². The normalized spacial score (nSPS) is 32.8. The fourth-order valence-electron chi connectivity index (χ4n) is 3.95. The van der Waals surface area contributed by atoms with Gasteiger partial charge < -0.3 is 4.74 Å². The lowest BCUT2D eigenvalue weighted by atomic mass is 9.82. The third-order valence-electron chi connectivity index (χ3n) is 4.78. The first kappa shape index (κ1) is 13.1. The predicted octanol–water partition coefficient (Wildman–Crippen LogP) is 2.72. The lowest BCUT2D eigenvalue weighted by molar-refractivity contribution is -0.133. The van der Waals surface area contributed by atoms with Crippen LogP contribution in [0.4, 0.5) is 0 Å². The molecule has 1 saturated carbocycles. The number of carbonyl (C=O) groups is 2. The molecule has 0 heterocycles. The van der Waals surface area contributed by atoms with Crippen LogP contribution in [0.5, 0.6) is 0 Å². The Kier molecular flexibility index (Phi) is 3.00. The van der Waals surface area contributed by atoms with Crippen LogP contribution >= 0.6 is 0 Å². The Bertz CT molecular complexity index is 600. The predicted molar refractivity (Wildman–Crippen MR) is 75.1 cm³/mol. The van der Waals surface area contributed by atoms with Crippen molar-refractivity contribution in [1.82, 2.24) is 0 Å². The molecule has 3 nitrogen and oxygen atoms in total. The van der Waals surface area contributed by atoms with E-state index in [4.69, 9.17) is 4.74 Å². The van der Waals surface area contributed by atoms with E-state index in [0.29, 0.717) is 5.76 Å². The molecule has 0 aromatic heterocycles. The third kappa shape index (κ3) is 1.59. The second-order valence-electron chi connectivity index (χ2n) is 5.73. The first-order chi connectivity index (χ1) is 9.57. The summed E-state index contributed by atoms with van der Waals surface area (Å²) in [5.74, 6) is -0.354. The molecule has 3 rings (SSSR count). The van der Waals surface area contributed by atoms with Gasteiger partial charge in [0.2, 0.25) is 5.78 Å². The standard InChI is InChI=1S/C17H18O3/c1-9-12-10(2)17(20-3)16(19)14(15(12)18)13(9)11-7-5-4-6-8-11/h4-9,12-14H,1-3H3. The van der Waals surface area contributed by atoms with Crippen molar-refractivity contribution in [1.29, 1.82) is 0 Å². The largest absolute Gasteiger partial charge is 0.493 e. The Morgan fingerprint density at radius 3 is 2.30 bits per heavy atom. The van der Waals surface area contributed by atoms with Crippen molar-refractivity contribution < 1.29 is 14.3 Å². The molecule has 2 bridgehead atoms. The average Bonchev–Trinajstić information content (AvgIpc) is 2.66. The van der Waals surface area contributed by atoms with Gasteiger partial charge in [0.1, 0.15) is 0 Å². The molecule has 0 spiro atoms. The van der Waals surface area contributed by atoms with Crippen LogP contribution in [0.15, 0.2) is 41.7 Å². The van der Waals surface area contributed by atoms with E-state index in [0.717, 1.165) is 11.1 Å². The zero-order valence-corrected chi connectivity index (χ0v) is 11.9. The summed E-state index contributed by atoms with van der Waals surface area (Å²) < 4.78 is 5.26. The molecule has 0 aliphatic heterocycles. The summed E-state index contributed by atoms with van der Waals surface area (Å²) in [6.45, 7) is 3.91. The number of carbonyl (C=O) groups excluding carboxylic acids is 2. The molecule has 0 radical (unpaired) electrons. The van der Waals surface area contributed by atoms with E-state index in [-0.39, 0.29) is 29.3 Å². The van der Waals surface area contributed by atoms with Crippen molar-refractivity contribution in [3.05, 3.63) is 47.2 Å². The first-order valence-corrected chi connectivity index (χ1v) is 6.95. The second kappa shape index (κ2) is 4.58. The van der Waals surface area contributed by atoms with Crippen molar-refractivity contribution in [2.45, 2.75) is 19.8 Å². The minimum Gasteiger partial charge on any atom is -0.493 e. The van der Waals surface area contributed by atoms with Crippen molar-refractivity contribution in [3.63, 3.8) is 0 Å². The van der Waals surface area contributed by atoms with Gasteiger partial charge in [-0.15, -0.1) is 0 Å². The van der Waals surface area contributed by atoms with E-state index in [1.807, 2.05) is 37.3 Å². The molecule has 1 aromatic rings. The average molecular weight is 270 g/mol. The van der Waals surface area contributed by atoms with Crippen LogP contribution in [0.25, 0.3) is 0 Å². The number of hydrogen-bond donors (Lipinski definition) is 0. The van der Waals surface area contributed by atoms with E-state index in [9.17, 15) is 9.59 Å². The summed E-state index contributed by atoms with van der Waals surface area (Å²) in [7, 11) is 1.51. The number of ketones is 2. The minimum atomic E-state index is -0.573. The van der Waals surface area contributed by atoms with E-state index in [2.05, 4.69) is 6.92 Å². The first-order valence-electron chi connectivity index (χ1n) is 6.95. The third-order valence-corrected chi connectivity index (χ3v) is 4.78. The number of allylic oxidation sites excluding steroid dienone is 2. The van der Waals surface area contributed by atoms with E-state index in [1.165, 1.54) is 7.11 Å². The molecule has 2 aliphatic carbocycles. The van der Waals surface area contributed by atoms with Crippen molar-refractivity contribution in [2.24, 2.45) is 17.8 Å². The van der Waals surface area contributed by atoms with Crippen molar-refractivity contribution >= 4 is 11.6 Å². The molecular weight excluding hydrogens is 252 g/mol. The Balaban J connectivity index is 2.12. The smallest absolute Gasteiger partial charge is 0.208 e. The van der Waals surface area contributed by atoms with Gasteiger partial charge in [-0.2, -0.15) is 0 Å². The molecule has 104 valence electrons. The minimum absolute atomic E-state index is 0.0381. The molecule has 0 saturated heterocycles. The number of fused-ring (bicyclic) bond motifs is 2. The SMILES string of the molecule is COC1=C(C)C2C(=O)C(C1=O)C(c1ccccc1)C2C. The van der Waals surface area contributed by atoms with Gasteiger partial charge in [-0.25, -0.2) is 0 Å². The van der Waals surface area contributed by atoms with Crippen LogP contribution in [-0.4, -0.2) is 18.7 Å². The van der Waals surface area contributed by atoms with Gasteiger partial charge in [-0.05, 0) is 24.0 Å². The monoisotopic (exact) mass is 270 g/mol. The summed E-state index contributed by atoms with van der Waals surface area (Å²) in [5, 5.41) is 0. The van der Waals surface area contributed by atoms with Gasteiger partial charge in [-0.1, -0.05) is 37.3 Å². The molecule has 1 aromatic carbocycles. The molecule has 1 fully saturated rings. The highest BCUT2D eigenvalue weighted by Gasteiger charge is 2.56. The van der Waals surface area contributed by atoms with Crippen molar-refractivity contribution in [2.75, 3.05) is 7.11 Å². The lowest BCUT2D eigenvalue weighted by Gasteiger charge is -2.22. The fourth-order valence-corrected chi connectivity index (χ4v) is 3.95. The van der Waals surface area contributed by atoms with Gasteiger partial charge >= 0.3 is 0 Å². The molecule has 20 heavy (non-hydrogen) atoms. The lowest BCUT2D eigenvalue weighted by Crippen LogP contribution is -2.33. The fraction of sp³-hybridized carbons (Fsp3) is 0.412. The van der Waals surface area contributed by atoms with Crippen LogP contribution in [0, 0.1) is 17.8 Å². The Labute approximate surface area is 118 Å². The van der Waals surface area contributed by atoms with Gasteiger partial charge in [0.25, 0.3) is 0 Å². The number of hydrogen-bond acceptors (Lipinski definition) is 3. The number of methoxy groups -OCH3 is 1. The van der Waals surface area contributed by atoms with Crippen molar-refractivity contribution in [3.8, 4) is 0 Å². The Morgan fingerprint density at radius 1 is 1.05 bits per heavy atom. The number of Topliss-reactive ketones (excluding diaryl/α,β-unsaturated/α-hetero) is 2. The zero-order chi connectivity index (χ0) is 14.4. The quantitative estimate of drug-likeness (QED) is 0.776. The molecule has 2 aliphatic rings. The molecule has 4 unspecified atom stereocenters. The summed E-state index contributed by atoms with van der Waals surface area (Å²) in [5.41, 5.74) is 1.86. The number of ether oxygens (including phenoxy) is 1. The molecule has 0 N–H and O–H groups in total. The summed E-state index contributed by atoms with van der Waals surface area (Å²) in [4.78, 5) is 25.1. The maximum Gasteiger partial charge on any atom is 0.208 e. The zero-order valence-electron chi connectivity index (χ0n) is 11.9. The number of benzene rings is 1. The maximum atomic E-state index is 12.6. The van der Waals surface area contributed by atoms with Gasteiger partial charge in [-0.3, -0.25) is 9.59 Å². The molecule has 3 heteroatoms. The van der Waals surface area contributed by atoms with Gasteiger partial charge in [0, 0.05) is 11.8 Å². The second-order valence-corrected chi connectivity index (χ2v) is 5.73. The van der Waals surface area contributed by atoms with Crippen LogP contribution < -0.4 is 0 Å². The van der Waals surface area contributed by atoms with E-state index < -0.39 is 5.92 Å². The Hall–Kier alpha value is -1.90. The van der Waals surface area contributed by atoms with E-state index in [1.54, 1.807) is 0 Å².